The lowest BCUT2D eigenvalue weighted by molar-refractivity contribution is -0.116. The van der Waals surface area contributed by atoms with Crippen molar-refractivity contribution in [3.05, 3.63) is 41.7 Å². The second-order valence-corrected chi connectivity index (χ2v) is 5.61. The van der Waals surface area contributed by atoms with Gasteiger partial charge < -0.3 is 15.2 Å². The molecule has 5 heteroatoms. The number of aryl methyl sites for hydroxylation is 1. The topological polar surface area (TPSA) is 67.2 Å². The number of nitrogens with zero attached hydrogens (tertiary/aromatic N) is 1. The van der Waals surface area contributed by atoms with Gasteiger partial charge in [0.25, 0.3) is 0 Å². The van der Waals surface area contributed by atoms with Gasteiger partial charge in [-0.1, -0.05) is 31.1 Å². The van der Waals surface area contributed by atoms with Crippen molar-refractivity contribution < 1.29 is 9.32 Å². The monoisotopic (exact) mass is 301 g/mol. The Morgan fingerprint density at radius 1 is 1.27 bits per heavy atom. The van der Waals surface area contributed by atoms with Gasteiger partial charge in [-0.25, -0.2) is 0 Å². The second kappa shape index (κ2) is 7.11. The number of aromatic nitrogens is 1. The predicted octanol–water partition coefficient (Wildman–Crippen LogP) is 3.94. The third-order valence-corrected chi connectivity index (χ3v) is 3.75. The molecule has 0 fully saturated rings. The Labute approximate surface area is 131 Å². The molecule has 2 aromatic rings. The van der Waals surface area contributed by atoms with E-state index in [1.165, 1.54) is 5.56 Å². The molecule has 2 unspecified atom stereocenters. The maximum atomic E-state index is 12.1. The highest BCUT2D eigenvalue weighted by Gasteiger charge is 2.14. The van der Waals surface area contributed by atoms with E-state index >= 15 is 0 Å². The molecule has 0 spiro atoms. The number of amides is 1. The molecule has 1 aromatic heterocycles. The Morgan fingerprint density at radius 3 is 2.50 bits per heavy atom. The summed E-state index contributed by atoms with van der Waals surface area (Å²) in [4.78, 5) is 12.1. The third kappa shape index (κ3) is 4.10. The minimum atomic E-state index is -0.369. The predicted molar refractivity (Wildman–Crippen MR) is 88.1 cm³/mol. The molecule has 0 aliphatic heterocycles. The van der Waals surface area contributed by atoms with Gasteiger partial charge in [0.15, 0.2) is 5.82 Å². The van der Waals surface area contributed by atoms with E-state index in [1.807, 2.05) is 19.1 Å². The molecule has 1 amide bonds. The minimum absolute atomic E-state index is 0.153. The number of anilines is 2. The summed E-state index contributed by atoms with van der Waals surface area (Å²) >= 11 is 0. The molecule has 118 valence electrons. The van der Waals surface area contributed by atoms with Crippen LogP contribution in [0, 0.1) is 6.92 Å². The molecule has 1 heterocycles. The molecular weight excluding hydrogens is 278 g/mol. The Morgan fingerprint density at radius 2 is 1.95 bits per heavy atom. The van der Waals surface area contributed by atoms with E-state index in [0.29, 0.717) is 17.5 Å². The van der Waals surface area contributed by atoms with Crippen molar-refractivity contribution in [3.8, 4) is 0 Å². The third-order valence-electron chi connectivity index (χ3n) is 3.75. The normalized spacial score (nSPS) is 13.5. The van der Waals surface area contributed by atoms with E-state index in [2.05, 4.69) is 41.8 Å². The number of nitrogens with one attached hydrogen (secondary N) is 2. The smallest absolute Gasteiger partial charge is 0.247 e. The zero-order chi connectivity index (χ0) is 16.1. The van der Waals surface area contributed by atoms with Crippen LogP contribution in [0.2, 0.25) is 0 Å². The summed E-state index contributed by atoms with van der Waals surface area (Å²) in [6.07, 6.45) is 1.11. The molecule has 0 bridgehead atoms. The molecule has 2 atom stereocenters. The van der Waals surface area contributed by atoms with E-state index in [0.717, 1.165) is 12.1 Å². The summed E-state index contributed by atoms with van der Waals surface area (Å²) < 4.78 is 4.92. The Hall–Kier alpha value is -2.30. The summed E-state index contributed by atoms with van der Waals surface area (Å²) in [5, 5.41) is 9.65. The first kappa shape index (κ1) is 16.1. The van der Waals surface area contributed by atoms with Crippen LogP contribution < -0.4 is 10.6 Å². The molecule has 0 radical (unpaired) electrons. The maximum Gasteiger partial charge on any atom is 0.247 e. The molecule has 22 heavy (non-hydrogen) atoms. The lowest BCUT2D eigenvalue weighted by Gasteiger charge is -2.15. The van der Waals surface area contributed by atoms with Crippen LogP contribution in [0.25, 0.3) is 0 Å². The number of rotatable bonds is 6. The van der Waals surface area contributed by atoms with Gasteiger partial charge in [0.1, 0.15) is 11.8 Å². The van der Waals surface area contributed by atoms with Crippen molar-refractivity contribution in [1.82, 2.24) is 5.16 Å². The molecule has 0 saturated heterocycles. The number of carbonyl (C=O) groups excluding carboxylic acids is 1. The van der Waals surface area contributed by atoms with Gasteiger partial charge in [-0.2, -0.15) is 0 Å². The molecule has 1 aromatic carbocycles. The Kier molecular flexibility index (Phi) is 5.20. The van der Waals surface area contributed by atoms with Crippen LogP contribution in [0.1, 0.15) is 44.4 Å². The first-order chi connectivity index (χ1) is 10.5. The number of benzene rings is 1. The van der Waals surface area contributed by atoms with E-state index < -0.39 is 0 Å². The van der Waals surface area contributed by atoms with Crippen LogP contribution in [0.4, 0.5) is 11.5 Å². The Bertz CT molecular complexity index is 619. The lowest BCUT2D eigenvalue weighted by Crippen LogP contribution is -2.31. The SMILES string of the molecule is CCC(C)c1ccc(NC(C)C(=O)Nc2cc(C)on2)cc1. The van der Waals surface area contributed by atoms with Crippen molar-refractivity contribution in [2.75, 3.05) is 10.6 Å². The van der Waals surface area contributed by atoms with Gasteiger partial charge in [0, 0.05) is 11.8 Å². The molecule has 0 aliphatic carbocycles. The summed E-state index contributed by atoms with van der Waals surface area (Å²) in [7, 11) is 0. The van der Waals surface area contributed by atoms with Crippen molar-refractivity contribution in [2.45, 2.75) is 46.1 Å². The van der Waals surface area contributed by atoms with Gasteiger partial charge in [0.05, 0.1) is 0 Å². The molecule has 2 rings (SSSR count). The number of hydrogen-bond donors (Lipinski definition) is 2. The molecule has 0 aliphatic rings. The van der Waals surface area contributed by atoms with E-state index in [-0.39, 0.29) is 11.9 Å². The van der Waals surface area contributed by atoms with Gasteiger partial charge in [0.2, 0.25) is 5.91 Å². The fourth-order valence-corrected chi connectivity index (χ4v) is 2.12. The average molecular weight is 301 g/mol. The van der Waals surface area contributed by atoms with Crippen LogP contribution >= 0.6 is 0 Å². The standard InChI is InChI=1S/C17H23N3O2/c1-5-11(2)14-6-8-15(9-7-14)18-13(4)17(21)19-16-10-12(3)22-20-16/h6-11,13,18H,5H2,1-4H3,(H,19,20,21). The number of carbonyl (C=O) groups is 1. The second-order valence-electron chi connectivity index (χ2n) is 5.61. The highest BCUT2D eigenvalue weighted by Crippen LogP contribution is 2.21. The summed E-state index contributed by atoms with van der Waals surface area (Å²) in [5.41, 5.74) is 2.23. The van der Waals surface area contributed by atoms with Crippen molar-refractivity contribution in [2.24, 2.45) is 0 Å². The first-order valence-electron chi connectivity index (χ1n) is 7.60. The number of hydrogen-bond acceptors (Lipinski definition) is 4. The fourth-order valence-electron chi connectivity index (χ4n) is 2.12. The van der Waals surface area contributed by atoms with Crippen molar-refractivity contribution in [3.63, 3.8) is 0 Å². The van der Waals surface area contributed by atoms with Crippen molar-refractivity contribution >= 4 is 17.4 Å². The summed E-state index contributed by atoms with van der Waals surface area (Å²) in [6.45, 7) is 7.97. The van der Waals surface area contributed by atoms with Gasteiger partial charge in [-0.3, -0.25) is 4.79 Å². The first-order valence-corrected chi connectivity index (χ1v) is 7.60. The lowest BCUT2D eigenvalue weighted by atomic mass is 9.98. The van der Waals surface area contributed by atoms with E-state index in [9.17, 15) is 4.79 Å². The van der Waals surface area contributed by atoms with Gasteiger partial charge >= 0.3 is 0 Å². The minimum Gasteiger partial charge on any atom is -0.374 e. The van der Waals surface area contributed by atoms with E-state index in [1.54, 1.807) is 13.0 Å². The summed E-state index contributed by atoms with van der Waals surface area (Å²) in [5.74, 6) is 1.49. The molecule has 2 N–H and O–H groups in total. The summed E-state index contributed by atoms with van der Waals surface area (Å²) in [6, 6.07) is 9.53. The Balaban J connectivity index is 1.93. The van der Waals surface area contributed by atoms with Crippen LogP contribution in [0.5, 0.6) is 0 Å². The zero-order valence-electron chi connectivity index (χ0n) is 13.5. The molecule has 5 nitrogen and oxygen atoms in total. The van der Waals surface area contributed by atoms with E-state index in [4.69, 9.17) is 4.52 Å². The zero-order valence-corrected chi connectivity index (χ0v) is 13.5. The van der Waals surface area contributed by atoms with Crippen LogP contribution in [0.3, 0.4) is 0 Å². The molecular formula is C17H23N3O2. The van der Waals surface area contributed by atoms with Crippen LogP contribution in [0.15, 0.2) is 34.9 Å². The average Bonchev–Trinajstić information content (AvgIpc) is 2.92. The largest absolute Gasteiger partial charge is 0.374 e. The highest BCUT2D eigenvalue weighted by atomic mass is 16.5. The quantitative estimate of drug-likeness (QED) is 0.848. The van der Waals surface area contributed by atoms with Gasteiger partial charge in [-0.15, -0.1) is 0 Å². The van der Waals surface area contributed by atoms with Crippen molar-refractivity contribution in [1.29, 1.82) is 0 Å². The molecule has 0 saturated carbocycles. The van der Waals surface area contributed by atoms with Crippen LogP contribution in [-0.4, -0.2) is 17.1 Å². The van der Waals surface area contributed by atoms with Crippen LogP contribution in [-0.2, 0) is 4.79 Å². The fraction of sp³-hybridized carbons (Fsp3) is 0.412. The van der Waals surface area contributed by atoms with Gasteiger partial charge in [-0.05, 0) is 43.9 Å². The maximum absolute atomic E-state index is 12.1. The highest BCUT2D eigenvalue weighted by molar-refractivity contribution is 5.95.